The van der Waals surface area contributed by atoms with Crippen molar-refractivity contribution in [3.63, 3.8) is 0 Å². The fourth-order valence-electron chi connectivity index (χ4n) is 5.54. The standard InChI is InChI=1S/C34H32BrN3O6S2/c1-2-43-34(40)30-23-25-22-26(12-13-29(25)44-30)46(41,42)38(17-16-24-8-4-3-5-9-24)28-11-7-6-10-27(28)36-18-20-37(21-19-36)33(39)31-14-15-32(35)45-31/h3-15,22-23H,2,16-21H2,1H3. The second-order valence-corrected chi connectivity index (χ2v) is 15.0. The summed E-state index contributed by atoms with van der Waals surface area (Å²) in [6, 6.07) is 27.1. The fraction of sp³-hybridized carbons (Fsp3) is 0.235. The number of fused-ring (bicyclic) bond motifs is 1. The molecule has 1 aliphatic heterocycles. The number of para-hydroxylation sites is 2. The normalized spacial score (nSPS) is 13.6. The summed E-state index contributed by atoms with van der Waals surface area (Å²) in [6.07, 6.45) is 0.494. The predicted octanol–water partition coefficient (Wildman–Crippen LogP) is 6.83. The monoisotopic (exact) mass is 721 g/mol. The minimum absolute atomic E-state index is 0.00328. The molecule has 0 unspecified atom stereocenters. The first kappa shape index (κ1) is 31.8. The zero-order valence-corrected chi connectivity index (χ0v) is 28.3. The highest BCUT2D eigenvalue weighted by Gasteiger charge is 2.31. The van der Waals surface area contributed by atoms with Crippen molar-refractivity contribution in [2.45, 2.75) is 18.2 Å². The lowest BCUT2D eigenvalue weighted by Crippen LogP contribution is -2.49. The molecule has 3 heterocycles. The van der Waals surface area contributed by atoms with Gasteiger partial charge in [-0.3, -0.25) is 9.10 Å². The molecule has 0 saturated carbocycles. The van der Waals surface area contributed by atoms with Gasteiger partial charge in [0.15, 0.2) is 0 Å². The molecule has 238 valence electrons. The third-order valence-electron chi connectivity index (χ3n) is 7.84. The van der Waals surface area contributed by atoms with Crippen LogP contribution in [0, 0.1) is 0 Å². The van der Waals surface area contributed by atoms with Crippen molar-refractivity contribution in [1.29, 1.82) is 0 Å². The maximum atomic E-state index is 14.5. The third kappa shape index (κ3) is 6.69. The lowest BCUT2D eigenvalue weighted by Gasteiger charge is -2.38. The number of amides is 1. The van der Waals surface area contributed by atoms with E-state index in [2.05, 4.69) is 20.8 Å². The Morgan fingerprint density at radius 2 is 1.67 bits per heavy atom. The molecule has 0 radical (unpaired) electrons. The van der Waals surface area contributed by atoms with Crippen LogP contribution in [0.5, 0.6) is 0 Å². The lowest BCUT2D eigenvalue weighted by molar-refractivity contribution is 0.0492. The van der Waals surface area contributed by atoms with E-state index < -0.39 is 16.0 Å². The molecule has 2 aromatic heterocycles. The average molecular weight is 723 g/mol. The van der Waals surface area contributed by atoms with Gasteiger partial charge in [0.1, 0.15) is 5.58 Å². The van der Waals surface area contributed by atoms with E-state index in [0.717, 1.165) is 15.0 Å². The van der Waals surface area contributed by atoms with Crippen molar-refractivity contribution in [2.24, 2.45) is 0 Å². The highest BCUT2D eigenvalue weighted by molar-refractivity contribution is 9.11. The molecule has 5 aromatic rings. The summed E-state index contributed by atoms with van der Waals surface area (Å²) in [4.78, 5) is 30.1. The van der Waals surface area contributed by atoms with E-state index >= 15 is 0 Å². The Labute approximate surface area is 280 Å². The number of ether oxygens (including phenoxy) is 1. The SMILES string of the molecule is CCOC(=O)c1cc2cc(S(=O)(=O)N(CCc3ccccc3)c3ccccc3N3CCN(C(=O)c4ccc(Br)s4)CC3)ccc2o1. The maximum absolute atomic E-state index is 14.5. The molecule has 6 rings (SSSR count). The second kappa shape index (κ2) is 13.7. The van der Waals surface area contributed by atoms with Gasteiger partial charge < -0.3 is 19.0 Å². The first-order chi connectivity index (χ1) is 22.2. The van der Waals surface area contributed by atoms with Gasteiger partial charge in [-0.25, -0.2) is 13.2 Å². The van der Waals surface area contributed by atoms with Crippen molar-refractivity contribution in [2.75, 3.05) is 48.5 Å². The predicted molar refractivity (Wildman–Crippen MR) is 183 cm³/mol. The number of sulfonamides is 1. The minimum Gasteiger partial charge on any atom is -0.460 e. The number of piperazine rings is 1. The summed E-state index contributed by atoms with van der Waals surface area (Å²) >= 11 is 4.85. The molecule has 12 heteroatoms. The van der Waals surface area contributed by atoms with E-state index in [0.29, 0.717) is 54.1 Å². The van der Waals surface area contributed by atoms with Crippen LogP contribution in [-0.4, -0.2) is 64.5 Å². The van der Waals surface area contributed by atoms with Gasteiger partial charge in [0.2, 0.25) is 5.76 Å². The number of esters is 1. The van der Waals surface area contributed by atoms with Gasteiger partial charge in [-0.05, 0) is 83.4 Å². The van der Waals surface area contributed by atoms with Crippen molar-refractivity contribution in [3.05, 3.63) is 111 Å². The largest absolute Gasteiger partial charge is 0.460 e. The van der Waals surface area contributed by atoms with Crippen molar-refractivity contribution >= 4 is 71.5 Å². The Hall–Kier alpha value is -4.13. The second-order valence-electron chi connectivity index (χ2n) is 10.7. The zero-order chi connectivity index (χ0) is 32.3. The number of hydrogen-bond acceptors (Lipinski definition) is 8. The number of nitrogens with zero attached hydrogens (tertiary/aromatic N) is 3. The molecule has 9 nitrogen and oxygen atoms in total. The Bertz CT molecular complexity index is 1970. The molecule has 3 aromatic carbocycles. The van der Waals surface area contributed by atoms with Crippen molar-refractivity contribution in [1.82, 2.24) is 4.90 Å². The zero-order valence-electron chi connectivity index (χ0n) is 25.1. The summed E-state index contributed by atoms with van der Waals surface area (Å²) < 4.78 is 42.1. The molecule has 0 spiro atoms. The van der Waals surface area contributed by atoms with Gasteiger partial charge in [0.05, 0.1) is 31.5 Å². The molecule has 0 atom stereocenters. The van der Waals surface area contributed by atoms with Gasteiger partial charge in [0.25, 0.3) is 15.9 Å². The molecule has 1 saturated heterocycles. The van der Waals surface area contributed by atoms with Crippen LogP contribution in [0.1, 0.15) is 32.7 Å². The number of anilines is 2. The lowest BCUT2D eigenvalue weighted by atomic mass is 10.1. The summed E-state index contributed by atoms with van der Waals surface area (Å²) in [5.41, 5.74) is 2.73. The van der Waals surface area contributed by atoms with E-state index in [1.165, 1.54) is 33.8 Å². The highest BCUT2D eigenvalue weighted by Crippen LogP contribution is 2.35. The quantitative estimate of drug-likeness (QED) is 0.146. The summed E-state index contributed by atoms with van der Waals surface area (Å²) in [6.45, 7) is 4.24. The summed E-state index contributed by atoms with van der Waals surface area (Å²) in [5.74, 6) is -0.593. The van der Waals surface area contributed by atoms with Gasteiger partial charge >= 0.3 is 5.97 Å². The smallest absolute Gasteiger partial charge is 0.374 e. The molecule has 0 bridgehead atoms. The molecular formula is C34H32BrN3O6S2. The minimum atomic E-state index is -4.07. The van der Waals surface area contributed by atoms with E-state index in [1.54, 1.807) is 13.0 Å². The average Bonchev–Trinajstić information content (AvgIpc) is 3.71. The first-order valence-corrected chi connectivity index (χ1v) is 18.0. The number of furan rings is 1. The van der Waals surface area contributed by atoms with Crippen LogP contribution in [0.4, 0.5) is 11.4 Å². The summed E-state index contributed by atoms with van der Waals surface area (Å²) in [5, 5.41) is 0.485. The number of rotatable bonds is 10. The van der Waals surface area contributed by atoms with Crippen LogP contribution >= 0.6 is 27.3 Å². The molecular weight excluding hydrogens is 690 g/mol. The Balaban J connectivity index is 1.31. The third-order valence-corrected chi connectivity index (χ3v) is 11.3. The Morgan fingerprint density at radius 3 is 2.39 bits per heavy atom. The fourth-order valence-corrected chi connectivity index (χ4v) is 8.40. The number of thiophene rings is 1. The molecule has 1 amide bonds. The van der Waals surface area contributed by atoms with Crippen molar-refractivity contribution in [3.8, 4) is 0 Å². The van der Waals surface area contributed by atoms with Crippen LogP contribution in [0.15, 0.2) is 104 Å². The topological polar surface area (TPSA) is 100 Å². The molecule has 0 N–H and O–H groups in total. The number of benzene rings is 3. The Morgan fingerprint density at radius 1 is 0.935 bits per heavy atom. The van der Waals surface area contributed by atoms with E-state index in [-0.39, 0.29) is 29.7 Å². The van der Waals surface area contributed by atoms with Crippen LogP contribution in [0.2, 0.25) is 0 Å². The van der Waals surface area contributed by atoms with Gasteiger partial charge in [-0.2, -0.15) is 0 Å². The highest BCUT2D eigenvalue weighted by atomic mass is 79.9. The van der Waals surface area contributed by atoms with Gasteiger partial charge in [-0.1, -0.05) is 42.5 Å². The maximum Gasteiger partial charge on any atom is 0.374 e. The number of carbonyl (C=O) groups is 2. The number of carbonyl (C=O) groups excluding carboxylic acids is 2. The number of hydrogen-bond donors (Lipinski definition) is 0. The van der Waals surface area contributed by atoms with Crippen LogP contribution in [0.25, 0.3) is 11.0 Å². The number of halogens is 1. The van der Waals surface area contributed by atoms with E-state index in [9.17, 15) is 18.0 Å². The summed E-state index contributed by atoms with van der Waals surface area (Å²) in [7, 11) is -4.07. The molecule has 46 heavy (non-hydrogen) atoms. The van der Waals surface area contributed by atoms with E-state index in [1.807, 2.05) is 71.6 Å². The van der Waals surface area contributed by atoms with Gasteiger partial charge in [0, 0.05) is 38.1 Å². The Kier molecular flexibility index (Phi) is 9.48. The molecule has 1 aliphatic rings. The molecule has 0 aliphatic carbocycles. The molecule has 1 fully saturated rings. The van der Waals surface area contributed by atoms with Crippen LogP contribution in [0.3, 0.4) is 0 Å². The van der Waals surface area contributed by atoms with Gasteiger partial charge in [-0.15, -0.1) is 11.3 Å². The van der Waals surface area contributed by atoms with Crippen molar-refractivity contribution < 1.29 is 27.2 Å². The van der Waals surface area contributed by atoms with Crippen LogP contribution < -0.4 is 9.21 Å². The first-order valence-electron chi connectivity index (χ1n) is 14.9. The van der Waals surface area contributed by atoms with E-state index in [4.69, 9.17) is 9.15 Å². The van der Waals surface area contributed by atoms with Crippen LogP contribution in [-0.2, 0) is 21.2 Å².